The van der Waals surface area contributed by atoms with Gasteiger partial charge in [0.25, 0.3) is 0 Å². The number of primary amides is 2. The lowest BCUT2D eigenvalue weighted by Crippen LogP contribution is -2.56. The Labute approximate surface area is 253 Å². The van der Waals surface area contributed by atoms with E-state index in [4.69, 9.17) is 45.2 Å². The first-order valence-electron chi connectivity index (χ1n) is 13.5. The second-order valence-electron chi connectivity index (χ2n) is 9.48. The Morgan fingerprint density at radius 1 is 0.750 bits per heavy atom. The predicted octanol–water partition coefficient (Wildman–Crippen LogP) is -4.12. The molecule has 44 heavy (non-hydrogen) atoms. The average Bonchev–Trinajstić information content (AvgIpc) is 2.94. The number of carboxylic acid groups (broad SMARTS) is 1. The standard InChI is InChI=1S/C19H33N7O9.C5H12N2O2/c1-10(27)19(24,16(31)35-15(30)12(21)5-3-9-26-18(23)33)7-6-13(28)34-14(29)11(20)4-2-8-25-17(22)32;6-3-1-2-4(7)5(8)9/h11-12H,2-9,20-21,24H2,1H3,(H3,22,25,32)(H3,23,26,33);4H,1-3,6-7H2,(H,8,9)/t11-,12-,19+;4-/m01/s1. The first-order chi connectivity index (χ1) is 20.4. The van der Waals surface area contributed by atoms with Gasteiger partial charge in [-0.2, -0.15) is 0 Å². The summed E-state index contributed by atoms with van der Waals surface area (Å²) in [4.78, 5) is 91.5. The fourth-order valence-electron chi connectivity index (χ4n) is 2.98. The van der Waals surface area contributed by atoms with Gasteiger partial charge in [0.05, 0.1) is 0 Å². The summed E-state index contributed by atoms with van der Waals surface area (Å²) in [5.74, 6) is -6.64. The van der Waals surface area contributed by atoms with Crippen molar-refractivity contribution >= 4 is 47.7 Å². The van der Waals surface area contributed by atoms with Crippen LogP contribution in [0.2, 0.25) is 0 Å². The van der Waals surface area contributed by atoms with Crippen LogP contribution in [0.15, 0.2) is 0 Å². The Kier molecular flexibility index (Phi) is 21.3. The molecule has 0 rings (SSSR count). The summed E-state index contributed by atoms with van der Waals surface area (Å²) in [7, 11) is 0. The number of nitrogens with two attached hydrogens (primary N) is 7. The first kappa shape index (κ1) is 41.9. The lowest BCUT2D eigenvalue weighted by molar-refractivity contribution is -0.166. The molecule has 0 unspecified atom stereocenters. The Hall–Kier alpha value is -4.24. The quantitative estimate of drug-likeness (QED) is 0.0366. The lowest BCUT2D eigenvalue weighted by atomic mass is 9.90. The van der Waals surface area contributed by atoms with Gasteiger partial charge in [0.15, 0.2) is 11.3 Å². The second kappa shape index (κ2) is 22.3. The summed E-state index contributed by atoms with van der Waals surface area (Å²) in [6, 6.07) is -4.68. The van der Waals surface area contributed by atoms with Gasteiger partial charge in [-0.15, -0.1) is 0 Å². The van der Waals surface area contributed by atoms with Gasteiger partial charge in [-0.3, -0.25) is 14.4 Å². The highest BCUT2D eigenvalue weighted by Gasteiger charge is 2.43. The van der Waals surface area contributed by atoms with E-state index in [1.807, 2.05) is 0 Å². The lowest BCUT2D eigenvalue weighted by Gasteiger charge is -2.24. The van der Waals surface area contributed by atoms with Crippen molar-refractivity contribution in [2.24, 2.45) is 40.1 Å². The molecule has 0 aromatic heterocycles. The third-order valence-corrected chi connectivity index (χ3v) is 5.75. The molecule has 0 saturated carbocycles. The van der Waals surface area contributed by atoms with E-state index in [0.29, 0.717) is 19.4 Å². The molecule has 0 saturated heterocycles. The number of ether oxygens (including phenoxy) is 2. The number of carboxylic acids is 1. The Morgan fingerprint density at radius 2 is 1.18 bits per heavy atom. The van der Waals surface area contributed by atoms with Crippen molar-refractivity contribution in [2.75, 3.05) is 19.6 Å². The summed E-state index contributed by atoms with van der Waals surface area (Å²) < 4.78 is 9.18. The molecule has 252 valence electrons. The Morgan fingerprint density at radius 3 is 1.57 bits per heavy atom. The number of nitrogens with one attached hydrogen (secondary N) is 2. The number of esters is 4. The molecular formula is C24H45N9O11. The van der Waals surface area contributed by atoms with Gasteiger partial charge in [0.2, 0.25) is 0 Å². The summed E-state index contributed by atoms with van der Waals surface area (Å²) >= 11 is 0. The predicted molar refractivity (Wildman–Crippen MR) is 153 cm³/mol. The molecule has 0 bridgehead atoms. The number of hydrogen-bond donors (Lipinski definition) is 10. The number of carbonyl (C=O) groups excluding carboxylic acids is 7. The third-order valence-electron chi connectivity index (χ3n) is 5.75. The molecule has 0 spiro atoms. The SMILES string of the molecule is CC(=O)[C@](N)(CCC(=O)OC(=O)[C@@H](N)CCCNC(N)=O)C(=O)OC(=O)[C@@H](N)CCCNC(N)=O.NCCC[C@@H](N)C(=O)O. The zero-order valence-electron chi connectivity index (χ0n) is 24.6. The monoisotopic (exact) mass is 635 g/mol. The number of ketones is 1. The van der Waals surface area contributed by atoms with E-state index in [-0.39, 0.29) is 38.8 Å². The van der Waals surface area contributed by atoms with Crippen LogP contribution in [-0.4, -0.2) is 96.1 Å². The topological polar surface area (TPSA) is 381 Å². The molecular weight excluding hydrogens is 590 g/mol. The van der Waals surface area contributed by atoms with Crippen LogP contribution >= 0.6 is 0 Å². The van der Waals surface area contributed by atoms with Crippen molar-refractivity contribution in [3.05, 3.63) is 0 Å². The highest BCUT2D eigenvalue weighted by molar-refractivity contribution is 6.10. The summed E-state index contributed by atoms with van der Waals surface area (Å²) in [6.45, 7) is 1.75. The van der Waals surface area contributed by atoms with Crippen molar-refractivity contribution in [3.8, 4) is 0 Å². The molecule has 0 heterocycles. The largest absolute Gasteiger partial charge is 0.480 e. The van der Waals surface area contributed by atoms with Gasteiger partial charge in [-0.1, -0.05) is 0 Å². The molecule has 0 aliphatic carbocycles. The maximum absolute atomic E-state index is 12.4. The zero-order valence-corrected chi connectivity index (χ0v) is 24.6. The van der Waals surface area contributed by atoms with Crippen LogP contribution in [0, 0.1) is 0 Å². The smallest absolute Gasteiger partial charge is 0.341 e. The molecule has 20 heteroatoms. The minimum atomic E-state index is -2.38. The molecule has 17 N–H and O–H groups in total. The van der Waals surface area contributed by atoms with E-state index in [2.05, 4.69) is 20.1 Å². The van der Waals surface area contributed by atoms with E-state index in [1.165, 1.54) is 0 Å². The number of carbonyl (C=O) groups is 8. The van der Waals surface area contributed by atoms with Gasteiger partial charge in [0, 0.05) is 19.5 Å². The molecule has 0 aromatic rings. The van der Waals surface area contributed by atoms with Crippen LogP contribution in [0.25, 0.3) is 0 Å². The fourth-order valence-corrected chi connectivity index (χ4v) is 2.98. The molecule has 4 atom stereocenters. The molecule has 20 nitrogen and oxygen atoms in total. The van der Waals surface area contributed by atoms with Crippen LogP contribution in [0.5, 0.6) is 0 Å². The van der Waals surface area contributed by atoms with Gasteiger partial charge in [-0.05, 0) is 58.4 Å². The van der Waals surface area contributed by atoms with Gasteiger partial charge >= 0.3 is 41.9 Å². The number of Topliss-reactive ketones (excluding diaryl/α,β-unsaturated/α-hetero) is 1. The molecule has 0 aliphatic rings. The van der Waals surface area contributed by atoms with Gasteiger partial charge < -0.3 is 65.3 Å². The second-order valence-corrected chi connectivity index (χ2v) is 9.48. The number of amides is 4. The normalized spacial score (nSPS) is 13.8. The van der Waals surface area contributed by atoms with E-state index < -0.39 is 84.2 Å². The van der Waals surface area contributed by atoms with Crippen LogP contribution in [-0.2, 0) is 38.2 Å². The van der Waals surface area contributed by atoms with E-state index >= 15 is 0 Å². The van der Waals surface area contributed by atoms with Crippen molar-refractivity contribution in [2.45, 2.75) is 82.0 Å². The Balaban J connectivity index is 0. The molecule has 0 aliphatic heterocycles. The highest BCUT2D eigenvalue weighted by atomic mass is 16.6. The van der Waals surface area contributed by atoms with Crippen molar-refractivity contribution in [1.29, 1.82) is 0 Å². The van der Waals surface area contributed by atoms with E-state index in [1.54, 1.807) is 0 Å². The maximum atomic E-state index is 12.4. The third kappa shape index (κ3) is 19.0. The summed E-state index contributed by atoms with van der Waals surface area (Å²) in [6.07, 6.45) is 0.497. The van der Waals surface area contributed by atoms with Crippen molar-refractivity contribution in [1.82, 2.24) is 10.6 Å². The van der Waals surface area contributed by atoms with E-state index in [0.717, 1.165) is 6.92 Å². The van der Waals surface area contributed by atoms with Crippen LogP contribution < -0.4 is 50.8 Å². The minimum Gasteiger partial charge on any atom is -0.480 e. The van der Waals surface area contributed by atoms with Crippen molar-refractivity contribution < 1.29 is 52.9 Å². The fraction of sp³-hybridized carbons (Fsp3) is 0.667. The van der Waals surface area contributed by atoms with Crippen LogP contribution in [0.4, 0.5) is 9.59 Å². The van der Waals surface area contributed by atoms with Gasteiger partial charge in [-0.25, -0.2) is 24.0 Å². The van der Waals surface area contributed by atoms with Crippen LogP contribution in [0.1, 0.15) is 58.3 Å². The number of urea groups is 2. The summed E-state index contributed by atoms with van der Waals surface area (Å²) in [5, 5.41) is 12.8. The zero-order chi connectivity index (χ0) is 34.5. The van der Waals surface area contributed by atoms with E-state index in [9.17, 15) is 38.4 Å². The summed E-state index contributed by atoms with van der Waals surface area (Å²) in [5.41, 5.74) is 34.7. The Bertz CT molecular complexity index is 1010. The maximum Gasteiger partial charge on any atom is 0.341 e. The van der Waals surface area contributed by atoms with Crippen LogP contribution in [0.3, 0.4) is 0 Å². The molecule has 0 aromatic carbocycles. The highest BCUT2D eigenvalue weighted by Crippen LogP contribution is 2.16. The first-order valence-corrected chi connectivity index (χ1v) is 13.5. The average molecular weight is 636 g/mol. The number of aliphatic carboxylic acids is 1. The van der Waals surface area contributed by atoms with Crippen molar-refractivity contribution in [3.63, 3.8) is 0 Å². The number of hydrogen-bond acceptors (Lipinski definition) is 15. The van der Waals surface area contributed by atoms with Gasteiger partial charge in [0.1, 0.15) is 18.1 Å². The minimum absolute atomic E-state index is 0.0251. The number of rotatable bonds is 19. The molecule has 0 radical (unpaired) electrons. The molecule has 0 fully saturated rings. The molecule has 4 amide bonds.